The molecule has 3 nitrogen and oxygen atoms in total. The second-order valence-corrected chi connectivity index (χ2v) is 5.63. The van der Waals surface area contributed by atoms with Crippen molar-refractivity contribution >= 4 is 0 Å². The highest BCUT2D eigenvalue weighted by Gasteiger charge is 2.28. The molecule has 1 fully saturated rings. The second kappa shape index (κ2) is 7.04. The minimum Gasteiger partial charge on any atom is -0.380 e. The highest BCUT2D eigenvalue weighted by molar-refractivity contribution is 5.22. The summed E-state index contributed by atoms with van der Waals surface area (Å²) in [5.41, 5.74) is 2.57. The predicted octanol–water partition coefficient (Wildman–Crippen LogP) is 2.41. The van der Waals surface area contributed by atoms with Crippen LogP contribution in [0.2, 0.25) is 0 Å². The van der Waals surface area contributed by atoms with Gasteiger partial charge in [-0.25, -0.2) is 0 Å². The van der Waals surface area contributed by atoms with Gasteiger partial charge in [0.2, 0.25) is 0 Å². The zero-order valence-corrected chi connectivity index (χ0v) is 12.4. The minimum absolute atomic E-state index is 0.606. The Morgan fingerprint density at radius 2 is 2.11 bits per heavy atom. The molecule has 106 valence electrons. The van der Waals surface area contributed by atoms with Gasteiger partial charge in [-0.05, 0) is 37.9 Å². The molecule has 1 atom stereocenters. The normalized spacial score (nSPS) is 16.8. The zero-order chi connectivity index (χ0) is 13.7. The molecule has 0 amide bonds. The Balaban J connectivity index is 1.73. The third-order valence-corrected chi connectivity index (χ3v) is 3.89. The molecule has 1 aliphatic carbocycles. The SMILES string of the molecule is COCc1cccc(CNCC(C)N(C)C2CC2)c1. The van der Waals surface area contributed by atoms with Gasteiger partial charge < -0.3 is 10.1 Å². The quantitative estimate of drug-likeness (QED) is 0.778. The van der Waals surface area contributed by atoms with Crippen LogP contribution in [0.15, 0.2) is 24.3 Å². The minimum atomic E-state index is 0.606. The van der Waals surface area contributed by atoms with E-state index in [0.29, 0.717) is 12.6 Å². The first-order valence-electron chi connectivity index (χ1n) is 7.20. The van der Waals surface area contributed by atoms with E-state index < -0.39 is 0 Å². The molecule has 1 aliphatic rings. The largest absolute Gasteiger partial charge is 0.380 e. The smallest absolute Gasteiger partial charge is 0.0713 e. The van der Waals surface area contributed by atoms with E-state index in [1.165, 1.54) is 24.0 Å². The number of hydrogen-bond donors (Lipinski definition) is 1. The molecule has 19 heavy (non-hydrogen) atoms. The lowest BCUT2D eigenvalue weighted by molar-refractivity contribution is 0.185. The summed E-state index contributed by atoms with van der Waals surface area (Å²) in [4.78, 5) is 2.49. The van der Waals surface area contributed by atoms with Gasteiger partial charge in [-0.2, -0.15) is 0 Å². The van der Waals surface area contributed by atoms with Crippen molar-refractivity contribution in [3.05, 3.63) is 35.4 Å². The number of ether oxygens (including phenoxy) is 1. The Morgan fingerprint density at radius 3 is 2.79 bits per heavy atom. The fraction of sp³-hybridized carbons (Fsp3) is 0.625. The van der Waals surface area contributed by atoms with E-state index in [1.54, 1.807) is 7.11 Å². The summed E-state index contributed by atoms with van der Waals surface area (Å²) in [6, 6.07) is 10.0. The summed E-state index contributed by atoms with van der Waals surface area (Å²) < 4.78 is 5.16. The van der Waals surface area contributed by atoms with Gasteiger partial charge in [0.25, 0.3) is 0 Å². The molecule has 2 rings (SSSR count). The highest BCUT2D eigenvalue weighted by Crippen LogP contribution is 2.26. The Morgan fingerprint density at radius 1 is 1.37 bits per heavy atom. The fourth-order valence-electron chi connectivity index (χ4n) is 2.41. The summed E-state index contributed by atoms with van der Waals surface area (Å²) >= 11 is 0. The van der Waals surface area contributed by atoms with Crippen LogP contribution in [0.4, 0.5) is 0 Å². The van der Waals surface area contributed by atoms with Crippen LogP contribution in [0, 0.1) is 0 Å². The second-order valence-electron chi connectivity index (χ2n) is 5.63. The number of hydrogen-bond acceptors (Lipinski definition) is 3. The summed E-state index contributed by atoms with van der Waals surface area (Å²) in [6.07, 6.45) is 2.75. The molecular weight excluding hydrogens is 236 g/mol. The molecular formula is C16H26N2O. The third-order valence-electron chi connectivity index (χ3n) is 3.89. The molecule has 0 spiro atoms. The van der Waals surface area contributed by atoms with Crippen LogP contribution in [0.5, 0.6) is 0 Å². The first kappa shape index (κ1) is 14.5. The van der Waals surface area contributed by atoms with Crippen molar-refractivity contribution in [2.45, 2.75) is 45.0 Å². The monoisotopic (exact) mass is 262 g/mol. The number of methoxy groups -OCH3 is 1. The lowest BCUT2D eigenvalue weighted by atomic mass is 10.1. The Labute approximate surface area is 116 Å². The first-order valence-corrected chi connectivity index (χ1v) is 7.20. The van der Waals surface area contributed by atoms with Crippen molar-refractivity contribution in [2.24, 2.45) is 0 Å². The average Bonchev–Trinajstić information content (AvgIpc) is 3.23. The maximum absolute atomic E-state index is 5.16. The van der Waals surface area contributed by atoms with E-state index in [1.807, 2.05) is 0 Å². The van der Waals surface area contributed by atoms with Crippen LogP contribution < -0.4 is 5.32 Å². The molecule has 3 heteroatoms. The molecule has 1 saturated carbocycles. The van der Waals surface area contributed by atoms with Gasteiger partial charge in [0.1, 0.15) is 0 Å². The molecule has 1 N–H and O–H groups in total. The van der Waals surface area contributed by atoms with Crippen LogP contribution in [0.25, 0.3) is 0 Å². The van der Waals surface area contributed by atoms with Crippen molar-refractivity contribution in [1.82, 2.24) is 10.2 Å². The summed E-state index contributed by atoms with van der Waals surface area (Å²) in [7, 11) is 3.98. The van der Waals surface area contributed by atoms with Gasteiger partial charge in [-0.3, -0.25) is 4.90 Å². The van der Waals surface area contributed by atoms with E-state index in [4.69, 9.17) is 4.74 Å². The Hall–Kier alpha value is -0.900. The lowest BCUT2D eigenvalue weighted by Crippen LogP contribution is -2.38. The van der Waals surface area contributed by atoms with Gasteiger partial charge in [0, 0.05) is 32.3 Å². The Kier molecular flexibility index (Phi) is 5.37. The van der Waals surface area contributed by atoms with Gasteiger partial charge in [0.15, 0.2) is 0 Å². The number of nitrogens with one attached hydrogen (secondary N) is 1. The molecule has 0 saturated heterocycles. The van der Waals surface area contributed by atoms with Crippen LogP contribution in [0.1, 0.15) is 30.9 Å². The standard InChI is InChI=1S/C16H26N2O/c1-13(18(2)16-7-8-16)10-17-11-14-5-4-6-15(9-14)12-19-3/h4-6,9,13,16-17H,7-8,10-12H2,1-3H3. The molecule has 0 aromatic heterocycles. The topological polar surface area (TPSA) is 24.5 Å². The van der Waals surface area contributed by atoms with Gasteiger partial charge in [0.05, 0.1) is 6.61 Å². The van der Waals surface area contributed by atoms with Crippen molar-refractivity contribution < 1.29 is 4.74 Å². The van der Waals surface area contributed by atoms with Crippen LogP contribution in [-0.2, 0) is 17.9 Å². The number of benzene rings is 1. The predicted molar refractivity (Wildman–Crippen MR) is 79.1 cm³/mol. The number of likely N-dealkylation sites (N-methyl/N-ethyl adjacent to an activating group) is 1. The molecule has 0 aliphatic heterocycles. The highest BCUT2D eigenvalue weighted by atomic mass is 16.5. The van der Waals surface area contributed by atoms with E-state index in [9.17, 15) is 0 Å². The molecule has 0 bridgehead atoms. The van der Waals surface area contributed by atoms with Crippen LogP contribution in [-0.4, -0.2) is 37.7 Å². The van der Waals surface area contributed by atoms with Crippen molar-refractivity contribution in [3.8, 4) is 0 Å². The zero-order valence-electron chi connectivity index (χ0n) is 12.4. The van der Waals surface area contributed by atoms with Gasteiger partial charge >= 0.3 is 0 Å². The summed E-state index contributed by atoms with van der Waals surface area (Å²) in [6.45, 7) is 4.96. The maximum atomic E-state index is 5.16. The van der Waals surface area contributed by atoms with E-state index in [0.717, 1.165) is 19.1 Å². The third kappa shape index (κ3) is 4.60. The number of nitrogens with zero attached hydrogens (tertiary/aromatic N) is 1. The molecule has 1 aromatic rings. The molecule has 1 aromatic carbocycles. The fourth-order valence-corrected chi connectivity index (χ4v) is 2.41. The average molecular weight is 262 g/mol. The van der Waals surface area contributed by atoms with E-state index in [-0.39, 0.29) is 0 Å². The van der Waals surface area contributed by atoms with Crippen LogP contribution >= 0.6 is 0 Å². The van der Waals surface area contributed by atoms with Gasteiger partial charge in [-0.1, -0.05) is 24.3 Å². The molecule has 1 unspecified atom stereocenters. The summed E-state index contributed by atoms with van der Waals surface area (Å²) in [5.74, 6) is 0. The van der Waals surface area contributed by atoms with Crippen molar-refractivity contribution in [1.29, 1.82) is 0 Å². The Bertz CT molecular complexity index is 390. The number of rotatable bonds is 8. The van der Waals surface area contributed by atoms with Crippen molar-refractivity contribution in [3.63, 3.8) is 0 Å². The summed E-state index contributed by atoms with van der Waals surface area (Å²) in [5, 5.41) is 3.55. The molecule has 0 radical (unpaired) electrons. The first-order chi connectivity index (χ1) is 9.20. The van der Waals surface area contributed by atoms with Crippen molar-refractivity contribution in [2.75, 3.05) is 20.7 Å². The maximum Gasteiger partial charge on any atom is 0.0713 e. The molecule has 0 heterocycles. The van der Waals surface area contributed by atoms with E-state index in [2.05, 4.69) is 48.5 Å². The van der Waals surface area contributed by atoms with Gasteiger partial charge in [-0.15, -0.1) is 0 Å². The van der Waals surface area contributed by atoms with E-state index >= 15 is 0 Å². The van der Waals surface area contributed by atoms with Crippen LogP contribution in [0.3, 0.4) is 0 Å². The lowest BCUT2D eigenvalue weighted by Gasteiger charge is -2.24.